The second-order valence-corrected chi connectivity index (χ2v) is 3.21. The number of carboxylic acids is 1. The number of carbonyl (C=O) groups is 2. The molecule has 1 atom stereocenters. The summed E-state index contributed by atoms with van der Waals surface area (Å²) in [6.45, 7) is 0.0810. The van der Waals surface area contributed by atoms with E-state index in [1.54, 1.807) is 0 Å². The molecule has 1 unspecified atom stereocenters. The van der Waals surface area contributed by atoms with Crippen LogP contribution in [0.3, 0.4) is 0 Å². The van der Waals surface area contributed by atoms with E-state index in [2.05, 4.69) is 30.0 Å². The molecule has 1 aliphatic heterocycles. The Morgan fingerprint density at radius 3 is 3.00 bits per heavy atom. The van der Waals surface area contributed by atoms with Gasteiger partial charge in [-0.25, -0.2) is 4.79 Å². The second kappa shape index (κ2) is 4.60. The maximum absolute atomic E-state index is 11.5. The number of aliphatic carboxylic acids is 1. The highest BCUT2D eigenvalue weighted by Crippen LogP contribution is 2.10. The lowest BCUT2D eigenvalue weighted by molar-refractivity contribution is -0.131. The van der Waals surface area contributed by atoms with Gasteiger partial charge >= 0.3 is 5.97 Å². The lowest BCUT2D eigenvalue weighted by Crippen LogP contribution is -2.35. The number of oxime groups is 1. The fraction of sp³-hybridized carbons (Fsp3) is 0.375. The van der Waals surface area contributed by atoms with Gasteiger partial charge in [-0.1, -0.05) is 10.3 Å². The molecule has 9 nitrogen and oxygen atoms in total. The molecule has 2 rings (SSSR count). The van der Waals surface area contributed by atoms with Crippen LogP contribution in [0.2, 0.25) is 0 Å². The smallest absolute Gasteiger partial charge is 0.353 e. The normalized spacial score (nSPS) is 18.4. The number of rotatable bonds is 4. The molecule has 0 fully saturated rings. The molecule has 0 radical (unpaired) electrons. The van der Waals surface area contributed by atoms with Crippen molar-refractivity contribution in [1.82, 2.24) is 15.5 Å². The van der Waals surface area contributed by atoms with E-state index in [1.807, 2.05) is 0 Å². The summed E-state index contributed by atoms with van der Waals surface area (Å²) in [5.74, 6) is -1.36. The molecule has 1 aromatic rings. The van der Waals surface area contributed by atoms with Gasteiger partial charge in [-0.05, 0) is 0 Å². The highest BCUT2D eigenvalue weighted by molar-refractivity contribution is 6.36. The predicted molar refractivity (Wildman–Crippen MR) is 50.7 cm³/mol. The van der Waals surface area contributed by atoms with E-state index in [1.165, 1.54) is 0 Å². The molecule has 1 amide bonds. The zero-order chi connectivity index (χ0) is 12.3. The maximum Gasteiger partial charge on any atom is 0.353 e. The van der Waals surface area contributed by atoms with Crippen LogP contribution in [0.1, 0.15) is 12.2 Å². The molecule has 17 heavy (non-hydrogen) atoms. The Bertz CT molecular complexity index is 454. The van der Waals surface area contributed by atoms with Gasteiger partial charge in [0.1, 0.15) is 0 Å². The zero-order valence-electron chi connectivity index (χ0n) is 8.49. The molecular weight excluding hydrogens is 232 g/mol. The molecule has 0 saturated carbocycles. The Morgan fingerprint density at radius 2 is 2.41 bits per heavy atom. The number of amides is 1. The number of carbonyl (C=O) groups excluding carboxylic acids is 1. The largest absolute Gasteiger partial charge is 0.477 e. The standard InChI is InChI=1S/C8H8N4O5/c13-7(9-2-6-10-3-16-12-6)5-1-4(8(14)15)11-17-5/h3,5H,1-2H2,(H,9,13)(H,14,15). The van der Waals surface area contributed by atoms with Crippen molar-refractivity contribution < 1.29 is 24.1 Å². The average Bonchev–Trinajstić information content (AvgIpc) is 2.96. The third kappa shape index (κ3) is 2.56. The van der Waals surface area contributed by atoms with E-state index in [0.717, 1.165) is 6.39 Å². The Labute approximate surface area is 94.4 Å². The van der Waals surface area contributed by atoms with Gasteiger partial charge in [0.25, 0.3) is 5.91 Å². The third-order valence-corrected chi connectivity index (χ3v) is 2.04. The fourth-order valence-electron chi connectivity index (χ4n) is 1.19. The summed E-state index contributed by atoms with van der Waals surface area (Å²) < 4.78 is 4.48. The van der Waals surface area contributed by atoms with E-state index in [-0.39, 0.29) is 18.7 Å². The summed E-state index contributed by atoms with van der Waals surface area (Å²) in [7, 11) is 0. The molecule has 0 saturated heterocycles. The van der Waals surface area contributed by atoms with Gasteiger partial charge in [0.05, 0.1) is 6.54 Å². The summed E-state index contributed by atoms with van der Waals surface area (Å²) in [5.41, 5.74) is -0.176. The quantitative estimate of drug-likeness (QED) is 0.684. The predicted octanol–water partition coefficient (Wildman–Crippen LogP) is -1.08. The van der Waals surface area contributed by atoms with Crippen molar-refractivity contribution in [3.05, 3.63) is 12.2 Å². The first kappa shape index (κ1) is 11.0. The SMILES string of the molecule is O=C(O)C1=NOC(C(=O)NCc2ncon2)C1. The molecule has 1 aromatic heterocycles. The fourth-order valence-corrected chi connectivity index (χ4v) is 1.19. The van der Waals surface area contributed by atoms with Crippen LogP contribution in [0.25, 0.3) is 0 Å². The minimum Gasteiger partial charge on any atom is -0.477 e. The van der Waals surface area contributed by atoms with Crippen molar-refractivity contribution >= 4 is 17.6 Å². The molecule has 0 aliphatic carbocycles. The first-order chi connectivity index (χ1) is 8.16. The molecule has 9 heteroatoms. The van der Waals surface area contributed by atoms with Crippen molar-refractivity contribution in [3.8, 4) is 0 Å². The van der Waals surface area contributed by atoms with E-state index >= 15 is 0 Å². The number of hydrogen-bond acceptors (Lipinski definition) is 7. The van der Waals surface area contributed by atoms with Crippen LogP contribution in [-0.4, -0.2) is 38.9 Å². The minimum absolute atomic E-state index is 0.0621. The van der Waals surface area contributed by atoms with Gasteiger partial charge in [0, 0.05) is 6.42 Å². The van der Waals surface area contributed by atoms with E-state index < -0.39 is 18.0 Å². The van der Waals surface area contributed by atoms with E-state index in [9.17, 15) is 9.59 Å². The topological polar surface area (TPSA) is 127 Å². The first-order valence-corrected chi connectivity index (χ1v) is 4.66. The molecule has 0 spiro atoms. The number of carboxylic acid groups (broad SMARTS) is 1. The number of nitrogens with zero attached hydrogens (tertiary/aromatic N) is 3. The summed E-state index contributed by atoms with van der Waals surface area (Å²) in [6, 6.07) is 0. The summed E-state index contributed by atoms with van der Waals surface area (Å²) >= 11 is 0. The number of nitrogens with one attached hydrogen (secondary N) is 1. The zero-order valence-corrected chi connectivity index (χ0v) is 8.49. The first-order valence-electron chi connectivity index (χ1n) is 4.66. The van der Waals surface area contributed by atoms with E-state index in [4.69, 9.17) is 5.11 Å². The average molecular weight is 240 g/mol. The monoisotopic (exact) mass is 240 g/mol. The van der Waals surface area contributed by atoms with Gasteiger partial charge in [-0.15, -0.1) is 0 Å². The number of hydrogen-bond donors (Lipinski definition) is 2. The summed E-state index contributed by atoms with van der Waals surface area (Å²) in [6.07, 6.45) is 0.153. The molecule has 0 aromatic carbocycles. The van der Waals surface area contributed by atoms with Crippen LogP contribution in [0, 0.1) is 0 Å². The van der Waals surface area contributed by atoms with Crippen molar-refractivity contribution in [2.24, 2.45) is 5.16 Å². The van der Waals surface area contributed by atoms with Crippen LogP contribution in [-0.2, 0) is 21.0 Å². The highest BCUT2D eigenvalue weighted by atomic mass is 16.6. The highest BCUT2D eigenvalue weighted by Gasteiger charge is 2.31. The van der Waals surface area contributed by atoms with Crippen molar-refractivity contribution in [2.45, 2.75) is 19.1 Å². The van der Waals surface area contributed by atoms with Crippen LogP contribution >= 0.6 is 0 Å². The lowest BCUT2D eigenvalue weighted by Gasteiger charge is -2.07. The second-order valence-electron chi connectivity index (χ2n) is 3.21. The Hall–Kier alpha value is -2.45. The molecule has 2 N–H and O–H groups in total. The Kier molecular flexibility index (Phi) is 2.99. The van der Waals surface area contributed by atoms with Gasteiger partial charge in [0.2, 0.25) is 12.5 Å². The third-order valence-electron chi connectivity index (χ3n) is 2.04. The van der Waals surface area contributed by atoms with Crippen molar-refractivity contribution in [1.29, 1.82) is 0 Å². The van der Waals surface area contributed by atoms with Crippen molar-refractivity contribution in [2.75, 3.05) is 0 Å². The minimum atomic E-state index is -1.20. The maximum atomic E-state index is 11.5. The van der Waals surface area contributed by atoms with Gasteiger partial charge in [0.15, 0.2) is 11.5 Å². The van der Waals surface area contributed by atoms with Crippen LogP contribution in [0.5, 0.6) is 0 Å². The molecule has 2 heterocycles. The molecule has 0 bridgehead atoms. The van der Waals surface area contributed by atoms with Gasteiger partial charge < -0.3 is 19.8 Å². The van der Waals surface area contributed by atoms with Crippen LogP contribution in [0.4, 0.5) is 0 Å². The summed E-state index contributed by atoms with van der Waals surface area (Å²) in [5, 5.41) is 17.9. The molecule has 1 aliphatic rings. The summed E-state index contributed by atoms with van der Waals surface area (Å²) in [4.78, 5) is 30.5. The van der Waals surface area contributed by atoms with Gasteiger partial charge in [-0.2, -0.15) is 4.98 Å². The molecule has 90 valence electrons. The van der Waals surface area contributed by atoms with E-state index in [0.29, 0.717) is 5.82 Å². The van der Waals surface area contributed by atoms with Crippen molar-refractivity contribution in [3.63, 3.8) is 0 Å². The number of aromatic nitrogens is 2. The molecular formula is C8H8N4O5. The van der Waals surface area contributed by atoms with Crippen LogP contribution < -0.4 is 5.32 Å². The Balaban J connectivity index is 1.81. The lowest BCUT2D eigenvalue weighted by atomic mass is 10.2. The van der Waals surface area contributed by atoms with Crippen LogP contribution in [0.15, 0.2) is 16.1 Å². The van der Waals surface area contributed by atoms with Gasteiger partial charge in [-0.3, -0.25) is 4.79 Å². The Morgan fingerprint density at radius 1 is 1.59 bits per heavy atom.